The first-order valence-electron chi connectivity index (χ1n) is 12.3. The van der Waals surface area contributed by atoms with Crippen LogP contribution in [0.25, 0.3) is 0 Å². The minimum atomic E-state index is -2.68. The molecule has 1 amide bonds. The number of carbonyl (C=O) groups excluding carboxylic acids is 1. The Hall–Kier alpha value is -3.40. The molecule has 0 saturated carbocycles. The molecular formula is C25H24ClFN4O4. The van der Waals surface area contributed by atoms with Crippen molar-refractivity contribution in [3.63, 3.8) is 0 Å². The van der Waals surface area contributed by atoms with Crippen LogP contribution in [0, 0.1) is 5.82 Å². The summed E-state index contributed by atoms with van der Waals surface area (Å²) in [5, 5.41) is 17.6. The minimum Gasteiger partial charge on any atom is -0.457 e. The number of fused-ring (bicyclic) bond motifs is 3. The van der Waals surface area contributed by atoms with Crippen LogP contribution in [0.4, 0.5) is 10.2 Å². The van der Waals surface area contributed by atoms with Gasteiger partial charge in [-0.3, -0.25) is 9.79 Å². The van der Waals surface area contributed by atoms with Crippen LogP contribution >= 0.6 is 11.6 Å². The summed E-state index contributed by atoms with van der Waals surface area (Å²) in [6.45, 7) is 1.39. The van der Waals surface area contributed by atoms with Crippen molar-refractivity contribution in [3.8, 4) is 11.5 Å². The number of hydrogen-bond donors (Lipinski definition) is 4. The zero-order valence-electron chi connectivity index (χ0n) is 21.6. The molecule has 1 aromatic heterocycles. The number of aliphatic imine (C=N–C) groups is 1. The third kappa shape index (κ3) is 4.27. The van der Waals surface area contributed by atoms with Gasteiger partial charge >= 0.3 is 0 Å². The van der Waals surface area contributed by atoms with Crippen molar-refractivity contribution in [2.75, 3.05) is 25.5 Å². The summed E-state index contributed by atoms with van der Waals surface area (Å²) in [7, 11) is -2.68. The predicted molar refractivity (Wildman–Crippen MR) is 130 cm³/mol. The Morgan fingerprint density at radius 1 is 1.31 bits per heavy atom. The molecule has 2 aliphatic heterocycles. The molecule has 0 spiro atoms. The van der Waals surface area contributed by atoms with Crippen molar-refractivity contribution >= 4 is 29.0 Å². The highest BCUT2D eigenvalue weighted by molar-refractivity contribution is 6.31. The smallest absolute Gasteiger partial charge is 0.250 e. The minimum absolute atomic E-state index is 0.219. The largest absolute Gasteiger partial charge is 0.457 e. The number of nitrogens with zero attached hydrogens (tertiary/aromatic N) is 1. The number of aliphatic hydroxyl groups is 1. The highest BCUT2D eigenvalue weighted by atomic mass is 35.5. The lowest BCUT2D eigenvalue weighted by molar-refractivity contribution is -0.128. The van der Waals surface area contributed by atoms with E-state index >= 15 is 0 Å². The Balaban J connectivity index is 1.46. The van der Waals surface area contributed by atoms with Gasteiger partial charge < -0.3 is 30.2 Å². The van der Waals surface area contributed by atoms with E-state index in [9.17, 15) is 14.3 Å². The standard InChI is InChI=1S/C25H24ClFN4O4/c1-25(12-34-2)24(33)30-19-11-29-23-20(21(19)31-25)17(10-28-23)22(32)16-7-6-15(9-18(16)26)35-14-5-3-4-13(27)8-14/h3-10,19,22,28-29,32H,11-12H2,1-2H3,(H,30,33)/t19?,22?,25-/m0/s1/i2D3. The zero-order valence-corrected chi connectivity index (χ0v) is 19.3. The van der Waals surface area contributed by atoms with Crippen LogP contribution in [0.3, 0.4) is 0 Å². The maximum atomic E-state index is 13.5. The van der Waals surface area contributed by atoms with Gasteiger partial charge in [-0.05, 0) is 31.2 Å². The first kappa shape index (κ1) is 19.9. The number of aromatic nitrogens is 1. The Labute approximate surface area is 210 Å². The number of aromatic amines is 1. The Bertz CT molecular complexity index is 1430. The van der Waals surface area contributed by atoms with Crippen molar-refractivity contribution < 1.29 is 27.9 Å². The molecule has 10 heteroatoms. The number of H-pyrrole nitrogens is 1. The lowest BCUT2D eigenvalue weighted by Gasteiger charge is -2.37. The van der Waals surface area contributed by atoms with Crippen LogP contribution in [0.5, 0.6) is 11.5 Å². The van der Waals surface area contributed by atoms with Gasteiger partial charge in [0.2, 0.25) is 0 Å². The topological polar surface area (TPSA) is 108 Å². The van der Waals surface area contributed by atoms with Gasteiger partial charge in [0.15, 0.2) is 5.54 Å². The first-order chi connectivity index (χ1) is 17.9. The number of aliphatic hydroxyl groups excluding tert-OH is 1. The molecule has 4 N–H and O–H groups in total. The number of ether oxygens (including phenoxy) is 2. The summed E-state index contributed by atoms with van der Waals surface area (Å²) in [5.41, 5.74) is 0.377. The van der Waals surface area contributed by atoms with Crippen molar-refractivity contribution in [2.45, 2.75) is 24.6 Å². The maximum Gasteiger partial charge on any atom is 0.250 e. The molecule has 8 nitrogen and oxygen atoms in total. The summed E-state index contributed by atoms with van der Waals surface area (Å²) in [6.07, 6.45) is 0.435. The summed E-state index contributed by atoms with van der Waals surface area (Å²) in [5.74, 6) is 0.349. The molecule has 3 heterocycles. The molecule has 3 atom stereocenters. The van der Waals surface area contributed by atoms with Crippen LogP contribution in [0.2, 0.25) is 5.02 Å². The molecule has 0 fully saturated rings. The number of carbonyl (C=O) groups is 1. The molecular weight excluding hydrogens is 475 g/mol. The van der Waals surface area contributed by atoms with E-state index in [0.717, 1.165) is 0 Å². The highest BCUT2D eigenvalue weighted by Crippen LogP contribution is 2.38. The predicted octanol–water partition coefficient (Wildman–Crippen LogP) is 3.80. The van der Waals surface area contributed by atoms with Crippen LogP contribution in [0.1, 0.15) is 33.8 Å². The normalized spacial score (nSPS) is 23.4. The lowest BCUT2D eigenvalue weighted by Crippen LogP contribution is -2.60. The van der Waals surface area contributed by atoms with Gasteiger partial charge in [-0.25, -0.2) is 4.39 Å². The number of amides is 1. The van der Waals surface area contributed by atoms with Gasteiger partial charge in [0.1, 0.15) is 29.2 Å². The van der Waals surface area contributed by atoms with Gasteiger partial charge in [0, 0.05) is 42.5 Å². The van der Waals surface area contributed by atoms with Crippen LogP contribution < -0.4 is 15.4 Å². The van der Waals surface area contributed by atoms with Gasteiger partial charge in [0.05, 0.1) is 27.5 Å². The van der Waals surface area contributed by atoms with E-state index in [0.29, 0.717) is 46.3 Å². The van der Waals surface area contributed by atoms with E-state index in [1.807, 2.05) is 0 Å². The summed E-state index contributed by atoms with van der Waals surface area (Å²) >= 11 is 6.51. The van der Waals surface area contributed by atoms with Crippen molar-refractivity contribution in [1.82, 2.24) is 10.3 Å². The second-order valence-electron chi connectivity index (χ2n) is 8.61. The van der Waals surface area contributed by atoms with E-state index < -0.39 is 43.1 Å². The van der Waals surface area contributed by atoms with Gasteiger partial charge in [-0.1, -0.05) is 23.7 Å². The van der Waals surface area contributed by atoms with Crippen LogP contribution in [-0.4, -0.2) is 53.5 Å². The Morgan fingerprint density at radius 2 is 2.14 bits per heavy atom. The molecule has 0 aliphatic carbocycles. The molecule has 182 valence electrons. The average Bonchev–Trinajstić information content (AvgIpc) is 3.28. The van der Waals surface area contributed by atoms with E-state index in [1.165, 1.54) is 31.2 Å². The molecule has 2 aliphatic rings. The third-order valence-corrected chi connectivity index (χ3v) is 6.41. The molecule has 0 bridgehead atoms. The van der Waals surface area contributed by atoms with E-state index in [2.05, 4.69) is 20.6 Å². The zero-order chi connectivity index (χ0) is 27.2. The SMILES string of the molecule is [2H]C([2H])([2H])OC[C@]1(C)N=C2c3c(C(O)c4ccc(Oc5cccc(F)c5)cc4Cl)c[nH]c3NCC2NC1=O. The van der Waals surface area contributed by atoms with Gasteiger partial charge in [-0.15, -0.1) is 0 Å². The highest BCUT2D eigenvalue weighted by Gasteiger charge is 2.43. The number of hydrogen-bond acceptors (Lipinski definition) is 6. The first-order valence-corrected chi connectivity index (χ1v) is 11.2. The Morgan fingerprint density at radius 3 is 2.91 bits per heavy atom. The number of rotatable bonds is 6. The number of nitrogens with one attached hydrogen (secondary N) is 3. The number of benzene rings is 2. The van der Waals surface area contributed by atoms with Crippen molar-refractivity contribution in [2.24, 2.45) is 4.99 Å². The second kappa shape index (κ2) is 8.99. The van der Waals surface area contributed by atoms with E-state index in [1.54, 1.807) is 24.4 Å². The molecule has 0 radical (unpaired) electrons. The fourth-order valence-corrected chi connectivity index (χ4v) is 4.57. The van der Waals surface area contributed by atoms with Crippen molar-refractivity contribution in [3.05, 3.63) is 76.2 Å². The summed E-state index contributed by atoms with van der Waals surface area (Å²) in [4.78, 5) is 20.5. The molecule has 35 heavy (non-hydrogen) atoms. The Kier molecular flexibility index (Phi) is 5.10. The fourth-order valence-electron chi connectivity index (χ4n) is 4.29. The molecule has 5 rings (SSSR count). The molecule has 2 aromatic carbocycles. The number of methoxy groups -OCH3 is 1. The molecule has 2 unspecified atom stereocenters. The average molecular weight is 502 g/mol. The van der Waals surface area contributed by atoms with Crippen molar-refractivity contribution in [1.29, 1.82) is 0 Å². The lowest BCUT2D eigenvalue weighted by atomic mass is 9.89. The van der Waals surface area contributed by atoms with E-state index in [-0.39, 0.29) is 5.02 Å². The fraction of sp³-hybridized carbons (Fsp3) is 0.280. The molecule has 3 aromatic rings. The molecule has 0 saturated heterocycles. The van der Waals surface area contributed by atoms with E-state index in [4.69, 9.17) is 25.2 Å². The van der Waals surface area contributed by atoms with Gasteiger partial charge in [-0.2, -0.15) is 0 Å². The van der Waals surface area contributed by atoms with Crippen LogP contribution in [-0.2, 0) is 9.53 Å². The third-order valence-electron chi connectivity index (χ3n) is 6.09. The summed E-state index contributed by atoms with van der Waals surface area (Å²) < 4.78 is 46.0. The second-order valence-corrected chi connectivity index (χ2v) is 9.01. The quantitative estimate of drug-likeness (QED) is 0.411. The maximum absolute atomic E-state index is 13.5. The monoisotopic (exact) mass is 501 g/mol. The summed E-state index contributed by atoms with van der Waals surface area (Å²) in [6, 6.07) is 9.91. The number of anilines is 1. The number of halogens is 2. The van der Waals surface area contributed by atoms with Gasteiger partial charge in [0.25, 0.3) is 5.91 Å². The van der Waals surface area contributed by atoms with Crippen LogP contribution in [0.15, 0.2) is 53.7 Å².